The Morgan fingerprint density at radius 3 is 2.41 bits per heavy atom. The largest absolute Gasteiger partial charge is 0.380 e. The number of nitrogens with zero attached hydrogens (tertiary/aromatic N) is 2. The fourth-order valence-electron chi connectivity index (χ4n) is 8.69. The van der Waals surface area contributed by atoms with Crippen molar-refractivity contribution in [3.05, 3.63) is 0 Å². The number of carbonyl (C=O) groups is 1. The molecule has 9 nitrogen and oxygen atoms in total. The highest BCUT2D eigenvalue weighted by Crippen LogP contribution is 2.50. The van der Waals surface area contributed by atoms with E-state index in [4.69, 9.17) is 27.8 Å². The van der Waals surface area contributed by atoms with Crippen molar-refractivity contribution in [2.75, 3.05) is 59.0 Å². The number of carbonyl (C=O) groups excluding carboxylic acids is 1. The SMILES string of the molecule is NC(N)C(C(=O)NC1CNCCC1N1CCC(N2CCC3(COC3)C2)CC1)C1CC2(CCC2)CCC(Cl)CN1. The van der Waals surface area contributed by atoms with E-state index in [-0.39, 0.29) is 23.4 Å². The van der Waals surface area contributed by atoms with Gasteiger partial charge in [-0.05, 0) is 76.3 Å². The standard InChI is InChI=1S/C29H52ClN7O2/c30-20-2-8-28(6-1-7-28)14-22(34-15-20)25(26(31)32)27(38)35-23-16-33-10-3-24(23)36-11-4-21(5-12-36)37-13-9-29(17-37)18-39-19-29/h20-26,33-34H,1-19,31-32H2,(H,35,38). The number of halogens is 1. The third kappa shape index (κ3) is 6.17. The summed E-state index contributed by atoms with van der Waals surface area (Å²) in [6.45, 7) is 9.04. The maximum Gasteiger partial charge on any atom is 0.227 e. The number of ether oxygens (including phenoxy) is 1. The van der Waals surface area contributed by atoms with Gasteiger partial charge in [-0.25, -0.2) is 0 Å². The lowest BCUT2D eigenvalue weighted by Gasteiger charge is -2.48. The highest BCUT2D eigenvalue weighted by atomic mass is 35.5. The molecule has 1 aliphatic carbocycles. The first-order chi connectivity index (χ1) is 18.9. The average Bonchev–Trinajstić information content (AvgIpc) is 3.34. The van der Waals surface area contributed by atoms with Crippen LogP contribution < -0.4 is 27.4 Å². The van der Waals surface area contributed by atoms with Crippen LogP contribution in [0.5, 0.6) is 0 Å². The molecule has 5 heterocycles. The zero-order valence-corrected chi connectivity index (χ0v) is 24.5. The Balaban J connectivity index is 1.07. The highest BCUT2D eigenvalue weighted by Gasteiger charge is 2.47. The molecule has 6 aliphatic rings. The van der Waals surface area contributed by atoms with Gasteiger partial charge < -0.3 is 32.2 Å². The lowest BCUT2D eigenvalue weighted by atomic mass is 9.61. The summed E-state index contributed by atoms with van der Waals surface area (Å²) in [5, 5.41) is 10.7. The van der Waals surface area contributed by atoms with Gasteiger partial charge in [0.2, 0.25) is 5.91 Å². The zero-order chi connectivity index (χ0) is 27.0. The van der Waals surface area contributed by atoms with E-state index < -0.39 is 12.1 Å². The maximum atomic E-state index is 13.9. The first-order valence-electron chi connectivity index (χ1n) is 15.8. The monoisotopic (exact) mass is 565 g/mol. The highest BCUT2D eigenvalue weighted by molar-refractivity contribution is 6.20. The van der Waals surface area contributed by atoms with Crippen LogP contribution in [0.15, 0.2) is 0 Å². The van der Waals surface area contributed by atoms with E-state index in [9.17, 15) is 4.79 Å². The van der Waals surface area contributed by atoms with Crippen LogP contribution in [-0.4, -0.2) is 110 Å². The lowest BCUT2D eigenvalue weighted by Crippen LogP contribution is -2.65. The van der Waals surface area contributed by atoms with Crippen molar-refractivity contribution in [3.8, 4) is 0 Å². The number of hydrogen-bond donors (Lipinski definition) is 5. The number of hydrogen-bond acceptors (Lipinski definition) is 8. The smallest absolute Gasteiger partial charge is 0.227 e. The van der Waals surface area contributed by atoms with Crippen molar-refractivity contribution in [3.63, 3.8) is 0 Å². The minimum Gasteiger partial charge on any atom is -0.380 e. The van der Waals surface area contributed by atoms with Crippen LogP contribution in [0.1, 0.15) is 64.2 Å². The van der Waals surface area contributed by atoms with E-state index in [1.165, 1.54) is 51.6 Å². The van der Waals surface area contributed by atoms with Crippen LogP contribution in [0.2, 0.25) is 0 Å². The van der Waals surface area contributed by atoms with Gasteiger partial charge in [-0.3, -0.25) is 14.6 Å². The van der Waals surface area contributed by atoms with Crippen LogP contribution in [0.4, 0.5) is 0 Å². The molecule has 5 aliphatic heterocycles. The number of nitrogens with one attached hydrogen (secondary N) is 3. The molecule has 0 bridgehead atoms. The molecule has 5 unspecified atom stereocenters. The number of amides is 1. The second-order valence-corrected chi connectivity index (χ2v) is 14.6. The molecule has 0 aromatic heterocycles. The minimum absolute atomic E-state index is 0.00216. The Morgan fingerprint density at radius 1 is 0.974 bits per heavy atom. The Kier molecular flexibility index (Phi) is 8.80. The Labute approximate surface area is 239 Å². The molecular weight excluding hydrogens is 514 g/mol. The van der Waals surface area contributed by atoms with Crippen LogP contribution in [0.3, 0.4) is 0 Å². The average molecular weight is 566 g/mol. The molecule has 6 rings (SSSR count). The zero-order valence-electron chi connectivity index (χ0n) is 23.7. The predicted molar refractivity (Wildman–Crippen MR) is 154 cm³/mol. The van der Waals surface area contributed by atoms with E-state index in [1.54, 1.807) is 0 Å². The summed E-state index contributed by atoms with van der Waals surface area (Å²) in [5.41, 5.74) is 13.4. The second-order valence-electron chi connectivity index (χ2n) is 14.0. The number of alkyl halides is 1. The molecule has 1 saturated carbocycles. The third-order valence-electron chi connectivity index (χ3n) is 11.3. The van der Waals surface area contributed by atoms with Crippen molar-refractivity contribution in [1.29, 1.82) is 0 Å². The Morgan fingerprint density at radius 2 is 1.77 bits per heavy atom. The summed E-state index contributed by atoms with van der Waals surface area (Å²) in [6.07, 6.45) is 10.9. The predicted octanol–water partition coefficient (Wildman–Crippen LogP) is 0.799. The molecule has 6 fully saturated rings. The van der Waals surface area contributed by atoms with Crippen LogP contribution >= 0.6 is 11.6 Å². The quantitative estimate of drug-likeness (QED) is 0.237. The van der Waals surface area contributed by atoms with E-state index in [2.05, 4.69) is 25.8 Å². The van der Waals surface area contributed by atoms with Gasteiger partial charge in [0.05, 0.1) is 31.3 Å². The van der Waals surface area contributed by atoms with Gasteiger partial charge in [-0.2, -0.15) is 0 Å². The Hall–Kier alpha value is -0.520. The van der Waals surface area contributed by atoms with Crippen molar-refractivity contribution in [2.45, 2.75) is 99.9 Å². The molecule has 0 radical (unpaired) electrons. The maximum absolute atomic E-state index is 13.9. The number of piperidine rings is 2. The van der Waals surface area contributed by atoms with Crippen molar-refractivity contribution in [1.82, 2.24) is 25.8 Å². The molecule has 1 amide bonds. The molecular formula is C29H52ClN7O2. The second kappa shape index (κ2) is 12.0. The summed E-state index contributed by atoms with van der Waals surface area (Å²) in [6, 6.07) is 1.07. The van der Waals surface area contributed by atoms with Gasteiger partial charge in [-0.15, -0.1) is 11.6 Å². The van der Waals surface area contributed by atoms with Gasteiger partial charge in [0.15, 0.2) is 0 Å². The number of rotatable bonds is 6. The number of likely N-dealkylation sites (tertiary alicyclic amines) is 2. The first-order valence-corrected chi connectivity index (χ1v) is 16.2. The molecule has 7 N–H and O–H groups in total. The van der Waals surface area contributed by atoms with Crippen molar-refractivity contribution >= 4 is 17.5 Å². The van der Waals surface area contributed by atoms with Gasteiger partial charge >= 0.3 is 0 Å². The Bertz CT molecular complexity index is 845. The lowest BCUT2D eigenvalue weighted by molar-refractivity contribution is -0.128. The minimum atomic E-state index is -0.705. The summed E-state index contributed by atoms with van der Waals surface area (Å²) in [5.74, 6) is -0.460. The number of nitrogens with two attached hydrogens (primary N) is 2. The van der Waals surface area contributed by atoms with E-state index in [0.717, 1.165) is 65.1 Å². The van der Waals surface area contributed by atoms with Gasteiger partial charge in [0.1, 0.15) is 0 Å². The van der Waals surface area contributed by atoms with Gasteiger partial charge in [0, 0.05) is 61.6 Å². The molecule has 39 heavy (non-hydrogen) atoms. The summed E-state index contributed by atoms with van der Waals surface area (Å²) < 4.78 is 5.54. The van der Waals surface area contributed by atoms with Gasteiger partial charge in [0.25, 0.3) is 0 Å². The molecule has 2 spiro atoms. The van der Waals surface area contributed by atoms with Crippen molar-refractivity contribution < 1.29 is 9.53 Å². The van der Waals surface area contributed by atoms with Crippen LogP contribution in [0.25, 0.3) is 0 Å². The first kappa shape index (κ1) is 28.6. The van der Waals surface area contributed by atoms with Crippen molar-refractivity contribution in [2.24, 2.45) is 28.2 Å². The molecule has 0 aromatic carbocycles. The normalized spacial score (nSPS) is 36.7. The summed E-state index contributed by atoms with van der Waals surface area (Å²) in [7, 11) is 0. The van der Waals surface area contributed by atoms with Gasteiger partial charge in [-0.1, -0.05) is 6.42 Å². The molecule has 5 atom stereocenters. The molecule has 5 saturated heterocycles. The molecule has 10 heteroatoms. The fraction of sp³-hybridized carbons (Fsp3) is 0.966. The molecule has 0 aromatic rings. The summed E-state index contributed by atoms with van der Waals surface area (Å²) >= 11 is 6.62. The topological polar surface area (TPSA) is 121 Å². The van der Waals surface area contributed by atoms with E-state index in [1.807, 2.05) is 0 Å². The van der Waals surface area contributed by atoms with Crippen LogP contribution in [-0.2, 0) is 9.53 Å². The van der Waals surface area contributed by atoms with E-state index >= 15 is 0 Å². The van der Waals surface area contributed by atoms with E-state index in [0.29, 0.717) is 29.5 Å². The third-order valence-corrected chi connectivity index (χ3v) is 11.7. The summed E-state index contributed by atoms with van der Waals surface area (Å²) in [4.78, 5) is 19.3. The molecule has 222 valence electrons. The van der Waals surface area contributed by atoms with Crippen LogP contribution in [0, 0.1) is 16.7 Å². The fourth-order valence-corrected chi connectivity index (χ4v) is 8.89.